The number of aryl methyl sites for hydroxylation is 1. The molecule has 12 heteroatoms. The predicted octanol–water partition coefficient (Wildman–Crippen LogP) is 6.40. The van der Waals surface area contributed by atoms with Crippen LogP contribution in [0.1, 0.15) is 11.3 Å². The summed E-state index contributed by atoms with van der Waals surface area (Å²) in [6.45, 7) is 1.92. The van der Waals surface area contributed by atoms with E-state index in [1.165, 1.54) is 24.5 Å². The Kier molecular flexibility index (Phi) is 7.19. The van der Waals surface area contributed by atoms with E-state index in [1.54, 1.807) is 17.4 Å². The number of aromatic nitrogens is 3. The lowest BCUT2D eigenvalue weighted by Gasteiger charge is -2.13. The van der Waals surface area contributed by atoms with Crippen LogP contribution in [0.5, 0.6) is 5.75 Å². The average molecular weight is 523 g/mol. The quantitative estimate of drug-likeness (QED) is 0.283. The molecule has 1 aromatic carbocycles. The second-order valence-electron chi connectivity index (χ2n) is 6.92. The van der Waals surface area contributed by atoms with E-state index in [4.69, 9.17) is 4.74 Å². The topological polar surface area (TPSA) is 77.0 Å². The number of halogens is 3. The minimum atomic E-state index is -4.53. The second-order valence-corrected chi connectivity index (χ2v) is 9.86. The summed E-state index contributed by atoms with van der Waals surface area (Å²) >= 11 is 4.28. The molecular formula is C22H17F3N4O2S3. The van der Waals surface area contributed by atoms with Crippen LogP contribution in [0, 0.1) is 6.92 Å². The smallest absolute Gasteiger partial charge is 0.416 e. The number of thiazole rings is 1. The van der Waals surface area contributed by atoms with E-state index < -0.39 is 17.6 Å². The standard InChI is InChI=1S/C22H17F3N4O2S3/c1-12-20(34-21(26-12)17-4-3-9-32-17)14-6-8-19(29-28-14)33-11-18(30)27-15-10-13(22(23,24)25)5-7-16(15)31-2/h3-10H,11H2,1-2H3,(H,27,30). The van der Waals surface area contributed by atoms with Crippen molar-refractivity contribution < 1.29 is 22.7 Å². The molecule has 6 nitrogen and oxygen atoms in total. The summed E-state index contributed by atoms with van der Waals surface area (Å²) in [5.41, 5.74) is 0.614. The molecule has 4 rings (SSSR count). The third-order valence-corrected chi connectivity index (χ3v) is 7.69. The molecule has 0 radical (unpaired) electrons. The van der Waals surface area contributed by atoms with Crippen molar-refractivity contribution >= 4 is 46.0 Å². The number of nitrogens with zero attached hydrogens (tertiary/aromatic N) is 3. The van der Waals surface area contributed by atoms with Crippen LogP contribution in [-0.2, 0) is 11.0 Å². The summed E-state index contributed by atoms with van der Waals surface area (Å²) in [5.74, 6) is -0.417. The van der Waals surface area contributed by atoms with Crippen molar-refractivity contribution in [2.75, 3.05) is 18.2 Å². The van der Waals surface area contributed by atoms with E-state index in [9.17, 15) is 18.0 Å². The molecule has 1 N–H and O–H groups in total. The van der Waals surface area contributed by atoms with E-state index in [2.05, 4.69) is 20.5 Å². The van der Waals surface area contributed by atoms with Crippen LogP contribution in [0.15, 0.2) is 52.9 Å². The summed E-state index contributed by atoms with van der Waals surface area (Å²) in [6, 6.07) is 10.4. The Morgan fingerprint density at radius 2 is 2.00 bits per heavy atom. The number of amides is 1. The largest absolute Gasteiger partial charge is 0.495 e. The van der Waals surface area contributed by atoms with Gasteiger partial charge in [0.25, 0.3) is 0 Å². The van der Waals surface area contributed by atoms with Gasteiger partial charge >= 0.3 is 6.18 Å². The zero-order valence-corrected chi connectivity index (χ0v) is 20.3. The number of carbonyl (C=O) groups excluding carboxylic acids is 1. The molecule has 0 unspecified atom stereocenters. The molecule has 0 spiro atoms. The van der Waals surface area contributed by atoms with Crippen LogP contribution in [0.4, 0.5) is 18.9 Å². The normalized spacial score (nSPS) is 11.4. The molecule has 0 aliphatic heterocycles. The van der Waals surface area contributed by atoms with Gasteiger partial charge in [-0.15, -0.1) is 32.9 Å². The highest BCUT2D eigenvalue weighted by molar-refractivity contribution is 7.99. The van der Waals surface area contributed by atoms with Gasteiger partial charge in [0, 0.05) is 0 Å². The van der Waals surface area contributed by atoms with Crippen molar-refractivity contribution in [2.24, 2.45) is 0 Å². The second kappa shape index (κ2) is 10.1. The Hall–Kier alpha value is -2.96. The molecule has 0 bridgehead atoms. The predicted molar refractivity (Wildman–Crippen MR) is 129 cm³/mol. The molecule has 176 valence electrons. The van der Waals surface area contributed by atoms with Crippen molar-refractivity contribution in [3.05, 3.63) is 59.1 Å². The van der Waals surface area contributed by atoms with E-state index in [0.717, 1.165) is 44.4 Å². The van der Waals surface area contributed by atoms with Gasteiger partial charge in [-0.05, 0) is 48.7 Å². The summed E-state index contributed by atoms with van der Waals surface area (Å²) < 4.78 is 44.0. The number of thiophene rings is 1. The molecule has 4 aromatic rings. The highest BCUT2D eigenvalue weighted by Crippen LogP contribution is 2.37. The first kappa shape index (κ1) is 24.2. The first-order valence-corrected chi connectivity index (χ1v) is 12.5. The fraction of sp³-hybridized carbons (Fsp3) is 0.182. The van der Waals surface area contributed by atoms with E-state index >= 15 is 0 Å². The number of alkyl halides is 3. The number of rotatable bonds is 7. The first-order chi connectivity index (χ1) is 16.2. The van der Waals surface area contributed by atoms with Gasteiger partial charge in [-0.3, -0.25) is 4.79 Å². The molecule has 0 atom stereocenters. The van der Waals surface area contributed by atoms with Crippen LogP contribution in [-0.4, -0.2) is 34.0 Å². The maximum atomic E-state index is 13.0. The molecule has 34 heavy (non-hydrogen) atoms. The lowest BCUT2D eigenvalue weighted by atomic mass is 10.2. The zero-order chi connectivity index (χ0) is 24.3. The lowest BCUT2D eigenvalue weighted by molar-refractivity contribution is -0.137. The lowest BCUT2D eigenvalue weighted by Crippen LogP contribution is -2.16. The minimum absolute atomic E-state index is 0.0495. The maximum absolute atomic E-state index is 13.0. The zero-order valence-electron chi connectivity index (χ0n) is 17.8. The van der Waals surface area contributed by atoms with Gasteiger partial charge in [0.2, 0.25) is 5.91 Å². The van der Waals surface area contributed by atoms with Crippen LogP contribution in [0.3, 0.4) is 0 Å². The van der Waals surface area contributed by atoms with Gasteiger partial charge in [-0.1, -0.05) is 17.8 Å². The number of carbonyl (C=O) groups is 1. The average Bonchev–Trinajstić information content (AvgIpc) is 3.47. The van der Waals surface area contributed by atoms with Crippen LogP contribution in [0.2, 0.25) is 0 Å². The molecule has 0 fully saturated rings. The van der Waals surface area contributed by atoms with Crippen molar-refractivity contribution in [3.63, 3.8) is 0 Å². The van der Waals surface area contributed by atoms with Gasteiger partial charge in [0.15, 0.2) is 0 Å². The van der Waals surface area contributed by atoms with Crippen LogP contribution >= 0.6 is 34.4 Å². The van der Waals surface area contributed by atoms with Gasteiger partial charge < -0.3 is 10.1 Å². The number of hydrogen-bond acceptors (Lipinski definition) is 8. The maximum Gasteiger partial charge on any atom is 0.416 e. The molecule has 3 aromatic heterocycles. The highest BCUT2D eigenvalue weighted by atomic mass is 32.2. The summed E-state index contributed by atoms with van der Waals surface area (Å²) in [6.07, 6.45) is -4.53. The monoisotopic (exact) mass is 522 g/mol. The number of anilines is 1. The molecule has 0 aliphatic rings. The van der Waals surface area contributed by atoms with Crippen molar-refractivity contribution in [2.45, 2.75) is 18.1 Å². The Morgan fingerprint density at radius 3 is 2.65 bits per heavy atom. The Balaban J connectivity index is 1.40. The van der Waals surface area contributed by atoms with Gasteiger partial charge in [-0.25, -0.2) is 4.98 Å². The first-order valence-electron chi connectivity index (χ1n) is 9.78. The SMILES string of the molecule is COc1ccc(C(F)(F)F)cc1NC(=O)CSc1ccc(-c2sc(-c3cccs3)nc2C)nn1. The Labute approximate surface area is 205 Å². The summed E-state index contributed by atoms with van der Waals surface area (Å²) in [7, 11) is 1.32. The van der Waals surface area contributed by atoms with Crippen molar-refractivity contribution in [1.82, 2.24) is 15.2 Å². The highest BCUT2D eigenvalue weighted by Gasteiger charge is 2.31. The van der Waals surface area contributed by atoms with Crippen molar-refractivity contribution in [1.29, 1.82) is 0 Å². The molecule has 0 aliphatic carbocycles. The van der Waals surface area contributed by atoms with Gasteiger partial charge in [0.1, 0.15) is 21.5 Å². The molecule has 0 saturated carbocycles. The minimum Gasteiger partial charge on any atom is -0.495 e. The van der Waals surface area contributed by atoms with Gasteiger partial charge in [-0.2, -0.15) is 13.2 Å². The van der Waals surface area contributed by atoms with Crippen LogP contribution in [0.25, 0.3) is 20.5 Å². The molecule has 1 amide bonds. The van der Waals surface area contributed by atoms with Crippen LogP contribution < -0.4 is 10.1 Å². The number of ether oxygens (including phenoxy) is 1. The van der Waals surface area contributed by atoms with E-state index in [1.807, 2.05) is 30.5 Å². The number of nitrogens with one attached hydrogen (secondary N) is 1. The Morgan fingerprint density at radius 1 is 1.18 bits per heavy atom. The van der Waals surface area contributed by atoms with E-state index in [-0.39, 0.29) is 17.2 Å². The fourth-order valence-corrected chi connectivity index (χ4v) is 5.41. The Bertz CT molecular complexity index is 1290. The summed E-state index contributed by atoms with van der Waals surface area (Å²) in [4.78, 5) is 19.0. The van der Waals surface area contributed by atoms with Crippen molar-refractivity contribution in [3.8, 4) is 26.2 Å². The number of thioether (sulfide) groups is 1. The molecular weight excluding hydrogens is 505 g/mol. The fourth-order valence-electron chi connectivity index (χ4n) is 2.97. The number of hydrogen-bond donors (Lipinski definition) is 1. The number of benzene rings is 1. The molecule has 0 saturated heterocycles. The van der Waals surface area contributed by atoms with E-state index in [0.29, 0.717) is 10.7 Å². The third kappa shape index (κ3) is 5.57. The van der Waals surface area contributed by atoms with Gasteiger partial charge in [0.05, 0.1) is 39.6 Å². The third-order valence-electron chi connectivity index (χ3n) is 4.55. The summed E-state index contributed by atoms with van der Waals surface area (Å²) in [5, 5.41) is 14.3. The molecule has 3 heterocycles. The number of methoxy groups -OCH3 is 1.